The number of nitrogens with zero attached hydrogens (tertiary/aromatic N) is 3. The van der Waals surface area contributed by atoms with Crippen molar-refractivity contribution in [2.75, 3.05) is 6.54 Å². The van der Waals surface area contributed by atoms with Crippen molar-refractivity contribution < 1.29 is 0 Å². The van der Waals surface area contributed by atoms with Gasteiger partial charge in [0, 0.05) is 25.0 Å². The van der Waals surface area contributed by atoms with Crippen LogP contribution in [0.2, 0.25) is 0 Å². The molecule has 22 heavy (non-hydrogen) atoms. The van der Waals surface area contributed by atoms with E-state index in [1.165, 1.54) is 41.8 Å². The molecule has 2 aliphatic rings. The average molecular weight is 296 g/mol. The summed E-state index contributed by atoms with van der Waals surface area (Å²) in [5.41, 5.74) is 4.37. The third-order valence-corrected chi connectivity index (χ3v) is 5.05. The zero-order valence-corrected chi connectivity index (χ0v) is 13.4. The first-order chi connectivity index (χ1) is 10.7. The van der Waals surface area contributed by atoms with Crippen molar-refractivity contribution in [2.24, 2.45) is 5.92 Å². The van der Waals surface area contributed by atoms with Gasteiger partial charge in [0.25, 0.3) is 0 Å². The molecule has 0 unspecified atom stereocenters. The number of hydrogen-bond donors (Lipinski definition) is 1. The minimum absolute atomic E-state index is 0.482. The molecule has 1 saturated carbocycles. The molecule has 1 fully saturated rings. The molecule has 0 bridgehead atoms. The Morgan fingerprint density at radius 3 is 3.00 bits per heavy atom. The first kappa shape index (κ1) is 13.9. The highest BCUT2D eigenvalue weighted by molar-refractivity contribution is 5.38. The third kappa shape index (κ3) is 2.56. The van der Waals surface area contributed by atoms with Crippen LogP contribution in [0.3, 0.4) is 0 Å². The zero-order valence-electron chi connectivity index (χ0n) is 13.4. The van der Waals surface area contributed by atoms with E-state index in [9.17, 15) is 0 Å². The number of nitrogens with one attached hydrogen (secondary N) is 1. The van der Waals surface area contributed by atoms with Crippen LogP contribution in [0.1, 0.15) is 54.2 Å². The molecule has 1 N–H and O–H groups in total. The molecular formula is C18H24N4. The molecule has 0 radical (unpaired) electrons. The summed E-state index contributed by atoms with van der Waals surface area (Å²) < 4.78 is 2.22. The quantitative estimate of drug-likeness (QED) is 0.922. The molecule has 1 heterocycles. The van der Waals surface area contributed by atoms with E-state index in [1.807, 2.05) is 6.33 Å². The van der Waals surface area contributed by atoms with Crippen LogP contribution in [-0.4, -0.2) is 21.3 Å². The van der Waals surface area contributed by atoms with Crippen molar-refractivity contribution in [3.63, 3.8) is 0 Å². The molecule has 0 saturated heterocycles. The monoisotopic (exact) mass is 296 g/mol. The fraction of sp³-hybridized carbons (Fsp3) is 0.556. The van der Waals surface area contributed by atoms with E-state index >= 15 is 0 Å². The van der Waals surface area contributed by atoms with Gasteiger partial charge in [-0.15, -0.1) is 10.2 Å². The van der Waals surface area contributed by atoms with Gasteiger partial charge < -0.3 is 9.88 Å². The van der Waals surface area contributed by atoms with Crippen LogP contribution in [0.4, 0.5) is 0 Å². The second-order valence-corrected chi connectivity index (χ2v) is 6.97. The van der Waals surface area contributed by atoms with Crippen LogP contribution in [0.5, 0.6) is 0 Å². The first-order valence-electron chi connectivity index (χ1n) is 8.43. The van der Waals surface area contributed by atoms with Gasteiger partial charge in [-0.1, -0.05) is 30.7 Å². The second kappa shape index (κ2) is 5.51. The topological polar surface area (TPSA) is 42.7 Å². The summed E-state index contributed by atoms with van der Waals surface area (Å²) in [6.45, 7) is 6.46. The molecule has 4 nitrogen and oxygen atoms in total. The largest absolute Gasteiger partial charge is 0.316 e. The van der Waals surface area contributed by atoms with Crippen LogP contribution in [-0.2, 0) is 13.0 Å². The SMILES string of the molecule is Cc1ccc2c(c1)[C@H](NCCn1cnnc1C1CC1)[C@H](C)C2. The van der Waals surface area contributed by atoms with Gasteiger partial charge in [-0.2, -0.15) is 0 Å². The number of aromatic nitrogens is 3. The lowest BCUT2D eigenvalue weighted by Crippen LogP contribution is -2.27. The Balaban J connectivity index is 1.42. The molecule has 0 spiro atoms. The molecule has 1 aromatic carbocycles. The van der Waals surface area contributed by atoms with Crippen molar-refractivity contribution in [3.05, 3.63) is 47.0 Å². The summed E-state index contributed by atoms with van der Waals surface area (Å²) in [5.74, 6) is 2.51. The Morgan fingerprint density at radius 1 is 1.32 bits per heavy atom. The number of aryl methyl sites for hydroxylation is 1. The Bertz CT molecular complexity index is 671. The highest BCUT2D eigenvalue weighted by atomic mass is 15.3. The van der Waals surface area contributed by atoms with Gasteiger partial charge in [-0.25, -0.2) is 0 Å². The second-order valence-electron chi connectivity index (χ2n) is 6.97. The molecule has 2 atom stereocenters. The molecular weight excluding hydrogens is 272 g/mol. The molecule has 116 valence electrons. The first-order valence-corrected chi connectivity index (χ1v) is 8.43. The van der Waals surface area contributed by atoms with E-state index in [-0.39, 0.29) is 0 Å². The van der Waals surface area contributed by atoms with E-state index in [2.05, 4.69) is 52.1 Å². The van der Waals surface area contributed by atoms with Crippen LogP contribution >= 0.6 is 0 Å². The fourth-order valence-corrected chi connectivity index (χ4v) is 3.71. The predicted octanol–water partition coefficient (Wildman–Crippen LogP) is 2.99. The summed E-state index contributed by atoms with van der Waals surface area (Å²) in [6, 6.07) is 7.36. The molecule has 4 rings (SSSR count). The summed E-state index contributed by atoms with van der Waals surface area (Å²) in [4.78, 5) is 0. The minimum Gasteiger partial charge on any atom is -0.316 e. The number of fused-ring (bicyclic) bond motifs is 1. The highest BCUT2D eigenvalue weighted by Gasteiger charge is 2.30. The molecule has 2 aromatic rings. The lowest BCUT2D eigenvalue weighted by molar-refractivity contribution is 0.405. The summed E-state index contributed by atoms with van der Waals surface area (Å²) >= 11 is 0. The number of rotatable bonds is 5. The molecule has 0 amide bonds. The van der Waals surface area contributed by atoms with E-state index < -0.39 is 0 Å². The Morgan fingerprint density at radius 2 is 2.18 bits per heavy atom. The van der Waals surface area contributed by atoms with Crippen LogP contribution < -0.4 is 5.32 Å². The Hall–Kier alpha value is -1.68. The third-order valence-electron chi connectivity index (χ3n) is 5.05. The minimum atomic E-state index is 0.482. The normalized spacial score (nSPS) is 23.7. The van der Waals surface area contributed by atoms with Gasteiger partial charge in [-0.05, 0) is 43.2 Å². The van der Waals surface area contributed by atoms with Gasteiger partial charge in [0.2, 0.25) is 0 Å². The molecule has 2 aliphatic carbocycles. The maximum atomic E-state index is 4.28. The standard InChI is InChI=1S/C18H24N4/c1-12-3-4-15-10-13(2)17(16(15)9-12)19-7-8-22-11-20-21-18(22)14-5-6-14/h3-4,9,11,13-14,17,19H,5-8,10H2,1-2H3/t13-,17-/m1/s1. The van der Waals surface area contributed by atoms with Gasteiger partial charge in [0.1, 0.15) is 12.2 Å². The lowest BCUT2D eigenvalue weighted by atomic mass is 10.0. The maximum absolute atomic E-state index is 4.28. The van der Waals surface area contributed by atoms with E-state index in [0.29, 0.717) is 17.9 Å². The summed E-state index contributed by atoms with van der Waals surface area (Å²) in [6.07, 6.45) is 5.62. The fourth-order valence-electron chi connectivity index (χ4n) is 3.71. The molecule has 1 aromatic heterocycles. The maximum Gasteiger partial charge on any atom is 0.135 e. The van der Waals surface area contributed by atoms with Gasteiger partial charge in [0.05, 0.1) is 0 Å². The van der Waals surface area contributed by atoms with E-state index in [4.69, 9.17) is 0 Å². The van der Waals surface area contributed by atoms with E-state index in [0.717, 1.165) is 13.1 Å². The lowest BCUT2D eigenvalue weighted by Gasteiger charge is -2.19. The summed E-state index contributed by atoms with van der Waals surface area (Å²) in [5, 5.41) is 12.1. The smallest absolute Gasteiger partial charge is 0.135 e. The van der Waals surface area contributed by atoms with Crippen LogP contribution in [0, 0.1) is 12.8 Å². The number of benzene rings is 1. The number of hydrogen-bond acceptors (Lipinski definition) is 3. The van der Waals surface area contributed by atoms with Crippen molar-refractivity contribution in [2.45, 2.75) is 51.6 Å². The van der Waals surface area contributed by atoms with Gasteiger partial charge >= 0.3 is 0 Å². The highest BCUT2D eigenvalue weighted by Crippen LogP contribution is 2.39. The van der Waals surface area contributed by atoms with Crippen molar-refractivity contribution in [3.8, 4) is 0 Å². The molecule has 4 heteroatoms. The van der Waals surface area contributed by atoms with E-state index in [1.54, 1.807) is 0 Å². The Labute approximate surface area is 132 Å². The van der Waals surface area contributed by atoms with Gasteiger partial charge in [0.15, 0.2) is 0 Å². The predicted molar refractivity (Wildman–Crippen MR) is 86.8 cm³/mol. The van der Waals surface area contributed by atoms with Crippen molar-refractivity contribution in [1.82, 2.24) is 20.1 Å². The van der Waals surface area contributed by atoms with Crippen LogP contribution in [0.15, 0.2) is 24.5 Å². The zero-order chi connectivity index (χ0) is 15.1. The van der Waals surface area contributed by atoms with Crippen LogP contribution in [0.25, 0.3) is 0 Å². The van der Waals surface area contributed by atoms with Crippen molar-refractivity contribution in [1.29, 1.82) is 0 Å². The average Bonchev–Trinajstić information content (AvgIpc) is 3.16. The Kier molecular flexibility index (Phi) is 3.49. The van der Waals surface area contributed by atoms with Gasteiger partial charge in [-0.3, -0.25) is 0 Å². The van der Waals surface area contributed by atoms with Crippen molar-refractivity contribution >= 4 is 0 Å². The summed E-state index contributed by atoms with van der Waals surface area (Å²) in [7, 11) is 0. The molecule has 0 aliphatic heterocycles.